The van der Waals surface area contributed by atoms with Crippen LogP contribution in [0.4, 0.5) is 13.2 Å². The van der Waals surface area contributed by atoms with Gasteiger partial charge in [-0.25, -0.2) is 4.79 Å². The summed E-state index contributed by atoms with van der Waals surface area (Å²) in [6, 6.07) is 7.80. The van der Waals surface area contributed by atoms with Crippen LogP contribution in [-0.2, 0) is 29.6 Å². The Kier molecular flexibility index (Phi) is 8.02. The topological polar surface area (TPSA) is 87.5 Å². The van der Waals surface area contributed by atoms with E-state index in [1.165, 1.54) is 0 Å². The molecular formula is C19H22BrF3N4O3. The van der Waals surface area contributed by atoms with E-state index in [9.17, 15) is 18.0 Å². The number of halogens is 4. The summed E-state index contributed by atoms with van der Waals surface area (Å²) in [5, 5.41) is 14.8. The van der Waals surface area contributed by atoms with Crippen molar-refractivity contribution in [2.75, 3.05) is 13.1 Å². The highest BCUT2D eigenvalue weighted by atomic mass is 79.9. The second-order valence-corrected chi connectivity index (χ2v) is 7.51. The number of aryl methyl sites for hydroxylation is 1. The lowest BCUT2D eigenvalue weighted by molar-refractivity contribution is -0.192. The average molecular weight is 491 g/mol. The van der Waals surface area contributed by atoms with Gasteiger partial charge >= 0.3 is 12.1 Å². The molecule has 0 aliphatic carbocycles. The third-order valence-corrected chi connectivity index (χ3v) is 5.05. The predicted molar refractivity (Wildman–Crippen MR) is 107 cm³/mol. The van der Waals surface area contributed by atoms with Crippen molar-refractivity contribution in [3.8, 4) is 0 Å². The molecule has 1 aliphatic rings. The maximum absolute atomic E-state index is 13.0. The van der Waals surface area contributed by atoms with E-state index in [-0.39, 0.29) is 11.9 Å². The van der Waals surface area contributed by atoms with Gasteiger partial charge in [-0.2, -0.15) is 18.3 Å². The molecule has 0 saturated carbocycles. The van der Waals surface area contributed by atoms with Crippen LogP contribution in [0, 0.1) is 0 Å². The molecule has 1 amide bonds. The highest BCUT2D eigenvalue weighted by molar-refractivity contribution is 9.10. The first-order valence-corrected chi connectivity index (χ1v) is 9.91. The molecule has 0 saturated heterocycles. The zero-order valence-corrected chi connectivity index (χ0v) is 18.0. The van der Waals surface area contributed by atoms with Crippen LogP contribution in [0.5, 0.6) is 0 Å². The van der Waals surface area contributed by atoms with Gasteiger partial charge in [0.2, 0.25) is 5.91 Å². The Morgan fingerprint density at radius 1 is 1.40 bits per heavy atom. The van der Waals surface area contributed by atoms with E-state index >= 15 is 0 Å². The summed E-state index contributed by atoms with van der Waals surface area (Å²) in [6.07, 6.45) is -2.36. The molecule has 7 nitrogen and oxygen atoms in total. The molecule has 164 valence electrons. The molecule has 2 N–H and O–H groups in total. The van der Waals surface area contributed by atoms with Crippen molar-refractivity contribution in [1.29, 1.82) is 0 Å². The molecule has 0 fully saturated rings. The highest BCUT2D eigenvalue weighted by Crippen LogP contribution is 2.25. The number of alkyl halides is 3. The van der Waals surface area contributed by atoms with Crippen LogP contribution in [0.25, 0.3) is 0 Å². The van der Waals surface area contributed by atoms with Gasteiger partial charge in [-0.15, -0.1) is 0 Å². The Labute approximate surface area is 180 Å². The molecule has 1 aliphatic heterocycles. The number of carbonyl (C=O) groups is 2. The van der Waals surface area contributed by atoms with Crippen molar-refractivity contribution in [3.63, 3.8) is 0 Å². The Bertz CT molecular complexity index is 901. The number of fused-ring (bicyclic) bond motifs is 1. The minimum Gasteiger partial charge on any atom is -0.475 e. The first-order valence-electron chi connectivity index (χ1n) is 9.12. The number of hydrogen-bond donors (Lipinski definition) is 2. The van der Waals surface area contributed by atoms with Gasteiger partial charge < -0.3 is 15.3 Å². The Balaban J connectivity index is 0.000000396. The van der Waals surface area contributed by atoms with Gasteiger partial charge in [0.15, 0.2) is 0 Å². The number of rotatable bonds is 4. The number of hydrogen-bond acceptors (Lipinski definition) is 4. The van der Waals surface area contributed by atoms with Crippen molar-refractivity contribution in [1.82, 2.24) is 20.0 Å². The number of carboxylic acids is 1. The van der Waals surface area contributed by atoms with Gasteiger partial charge in [-0.3, -0.25) is 9.48 Å². The quantitative estimate of drug-likeness (QED) is 0.687. The molecule has 1 atom stereocenters. The van der Waals surface area contributed by atoms with Crippen LogP contribution in [-0.4, -0.2) is 50.9 Å². The van der Waals surface area contributed by atoms with Gasteiger partial charge in [0.05, 0.1) is 6.20 Å². The van der Waals surface area contributed by atoms with Crippen molar-refractivity contribution in [2.45, 2.75) is 32.1 Å². The lowest BCUT2D eigenvalue weighted by Crippen LogP contribution is -2.43. The molecule has 2 aromatic rings. The number of aliphatic carboxylic acids is 1. The normalized spacial score (nSPS) is 15.6. The summed E-state index contributed by atoms with van der Waals surface area (Å²) >= 11 is 3.48. The summed E-state index contributed by atoms with van der Waals surface area (Å²) in [4.78, 5) is 23.8. The molecule has 1 aromatic carbocycles. The van der Waals surface area contributed by atoms with E-state index in [0.29, 0.717) is 13.1 Å². The number of nitrogens with zero attached hydrogens (tertiary/aromatic N) is 3. The first kappa shape index (κ1) is 23.9. The number of carbonyl (C=O) groups excluding carboxylic acids is 1. The van der Waals surface area contributed by atoms with E-state index in [0.717, 1.165) is 34.3 Å². The number of aromatic nitrogens is 2. The van der Waals surface area contributed by atoms with Crippen molar-refractivity contribution >= 4 is 27.8 Å². The number of amides is 1. The fraction of sp³-hybridized carbons (Fsp3) is 0.421. The van der Waals surface area contributed by atoms with Crippen molar-refractivity contribution in [2.24, 2.45) is 7.05 Å². The largest absolute Gasteiger partial charge is 0.490 e. The smallest absolute Gasteiger partial charge is 0.475 e. The van der Waals surface area contributed by atoms with Gasteiger partial charge in [0, 0.05) is 48.8 Å². The maximum atomic E-state index is 13.0. The van der Waals surface area contributed by atoms with E-state index in [4.69, 9.17) is 9.90 Å². The van der Waals surface area contributed by atoms with Crippen molar-refractivity contribution in [3.05, 3.63) is 51.8 Å². The van der Waals surface area contributed by atoms with Crippen LogP contribution in [0.3, 0.4) is 0 Å². The fourth-order valence-electron chi connectivity index (χ4n) is 3.08. The lowest BCUT2D eigenvalue weighted by Gasteiger charge is -2.29. The SMILES string of the molecule is CCN(Cc1cccc(Br)c1)C(=O)C1NCCc2c1cnn2C.O=C(O)C(F)(F)F. The van der Waals surface area contributed by atoms with Gasteiger partial charge in [-0.1, -0.05) is 28.1 Å². The van der Waals surface area contributed by atoms with Gasteiger partial charge in [-0.05, 0) is 24.6 Å². The number of carboxylic acid groups (broad SMARTS) is 1. The number of benzene rings is 1. The summed E-state index contributed by atoms with van der Waals surface area (Å²) in [7, 11) is 1.94. The second-order valence-electron chi connectivity index (χ2n) is 6.59. The van der Waals surface area contributed by atoms with Crippen LogP contribution < -0.4 is 5.32 Å². The van der Waals surface area contributed by atoms with Crippen LogP contribution in [0.2, 0.25) is 0 Å². The maximum Gasteiger partial charge on any atom is 0.490 e. The van der Waals surface area contributed by atoms with E-state index in [2.05, 4.69) is 32.4 Å². The van der Waals surface area contributed by atoms with Crippen LogP contribution in [0.15, 0.2) is 34.9 Å². The van der Waals surface area contributed by atoms with E-state index < -0.39 is 12.1 Å². The van der Waals surface area contributed by atoms with E-state index in [1.54, 1.807) is 0 Å². The zero-order chi connectivity index (χ0) is 22.5. The highest BCUT2D eigenvalue weighted by Gasteiger charge is 2.38. The second kappa shape index (κ2) is 10.1. The lowest BCUT2D eigenvalue weighted by atomic mass is 10.00. The average Bonchev–Trinajstić information content (AvgIpc) is 3.06. The van der Waals surface area contributed by atoms with Crippen LogP contribution >= 0.6 is 15.9 Å². The predicted octanol–water partition coefficient (Wildman–Crippen LogP) is 3.05. The molecule has 3 rings (SSSR count). The van der Waals surface area contributed by atoms with Crippen molar-refractivity contribution < 1.29 is 27.9 Å². The number of nitrogens with one attached hydrogen (secondary N) is 1. The third-order valence-electron chi connectivity index (χ3n) is 4.56. The summed E-state index contributed by atoms with van der Waals surface area (Å²) in [5.74, 6) is -2.64. The van der Waals surface area contributed by atoms with E-state index in [1.807, 2.05) is 47.9 Å². The summed E-state index contributed by atoms with van der Waals surface area (Å²) in [6.45, 7) is 4.11. The molecule has 30 heavy (non-hydrogen) atoms. The minimum atomic E-state index is -5.08. The van der Waals surface area contributed by atoms with Gasteiger partial charge in [0.1, 0.15) is 6.04 Å². The Hall–Kier alpha value is -2.40. The number of likely N-dealkylation sites (N-methyl/N-ethyl adjacent to an activating group) is 1. The van der Waals surface area contributed by atoms with Gasteiger partial charge in [0.25, 0.3) is 0 Å². The third kappa shape index (κ3) is 6.05. The molecule has 2 heterocycles. The molecule has 11 heteroatoms. The zero-order valence-electron chi connectivity index (χ0n) is 16.4. The molecule has 1 aromatic heterocycles. The monoisotopic (exact) mass is 490 g/mol. The Morgan fingerprint density at radius 3 is 2.63 bits per heavy atom. The minimum absolute atomic E-state index is 0.112. The molecular weight excluding hydrogens is 469 g/mol. The fourth-order valence-corrected chi connectivity index (χ4v) is 3.52. The molecule has 0 bridgehead atoms. The van der Waals surface area contributed by atoms with Crippen LogP contribution in [0.1, 0.15) is 29.8 Å². The molecule has 0 spiro atoms. The first-order chi connectivity index (χ1) is 14.0. The standard InChI is InChI=1S/C17H21BrN4O.C2HF3O2/c1-3-22(11-12-5-4-6-13(18)9-12)17(23)16-14-10-20-21(2)15(14)7-8-19-16;3-2(4,5)1(6)7/h4-6,9-10,16,19H,3,7-8,11H2,1-2H3;(H,6,7). The summed E-state index contributed by atoms with van der Waals surface area (Å²) in [5.41, 5.74) is 3.29. The Morgan fingerprint density at radius 2 is 2.07 bits per heavy atom. The summed E-state index contributed by atoms with van der Waals surface area (Å²) < 4.78 is 34.6. The molecule has 1 unspecified atom stereocenters. The molecule has 0 radical (unpaired) electrons.